The van der Waals surface area contributed by atoms with Crippen LogP contribution in [0.3, 0.4) is 0 Å². The zero-order chi connectivity index (χ0) is 17.6. The van der Waals surface area contributed by atoms with E-state index in [0.29, 0.717) is 17.9 Å². The van der Waals surface area contributed by atoms with Gasteiger partial charge in [0.25, 0.3) is 0 Å². The Morgan fingerprint density at radius 1 is 0.565 bits per heavy atom. The van der Waals surface area contributed by atoms with E-state index in [9.17, 15) is 10.2 Å². The van der Waals surface area contributed by atoms with Gasteiger partial charge >= 0.3 is 0 Å². The molecule has 124 valence electrons. The molecular weight excluding hydrogens is 556 g/mol. The third-order valence-corrected chi connectivity index (χ3v) is 8.44. The van der Waals surface area contributed by atoms with Crippen LogP contribution < -0.4 is 0 Å². The maximum absolute atomic E-state index is 10.2. The van der Waals surface area contributed by atoms with Crippen LogP contribution in [0.4, 0.5) is 0 Å². The molecule has 0 saturated heterocycles. The fraction of sp³-hybridized carbons (Fsp3) is 0.294. The van der Waals surface area contributed by atoms with Crippen molar-refractivity contribution < 1.29 is 10.2 Å². The summed E-state index contributed by atoms with van der Waals surface area (Å²) in [6.07, 6.45) is 0.645. The summed E-state index contributed by atoms with van der Waals surface area (Å²) in [5, 5.41) is 20.4. The minimum atomic E-state index is 0.295. The molecule has 2 nitrogen and oxygen atoms in total. The van der Waals surface area contributed by atoms with Crippen LogP contribution in [0.15, 0.2) is 17.9 Å². The second-order valence-electron chi connectivity index (χ2n) is 5.59. The summed E-state index contributed by atoms with van der Waals surface area (Å²) < 4.78 is 3.54. The fourth-order valence-electron chi connectivity index (χ4n) is 2.56. The van der Waals surface area contributed by atoms with Gasteiger partial charge in [0, 0.05) is 46.6 Å². The monoisotopic (exact) mass is 568 g/mol. The molecule has 2 aromatic carbocycles. The van der Waals surface area contributed by atoms with Crippen molar-refractivity contribution in [1.29, 1.82) is 0 Å². The topological polar surface area (TPSA) is 40.5 Å². The molecule has 2 N–H and O–H groups in total. The molecule has 23 heavy (non-hydrogen) atoms. The van der Waals surface area contributed by atoms with Gasteiger partial charge in [0.2, 0.25) is 0 Å². The zero-order valence-electron chi connectivity index (χ0n) is 13.1. The van der Waals surface area contributed by atoms with Gasteiger partial charge in [-0.05, 0) is 38.8 Å². The minimum absolute atomic E-state index is 0.295. The van der Waals surface area contributed by atoms with Gasteiger partial charge in [-0.2, -0.15) is 0 Å². The molecule has 0 aliphatic heterocycles. The van der Waals surface area contributed by atoms with Crippen molar-refractivity contribution in [2.24, 2.45) is 0 Å². The van der Waals surface area contributed by atoms with Crippen LogP contribution in [-0.2, 0) is 6.42 Å². The lowest BCUT2D eigenvalue weighted by molar-refractivity contribution is 0.465. The van der Waals surface area contributed by atoms with E-state index in [0.717, 1.165) is 51.3 Å². The fourth-order valence-corrected chi connectivity index (χ4v) is 5.20. The van der Waals surface area contributed by atoms with Crippen molar-refractivity contribution in [3.05, 3.63) is 51.3 Å². The lowest BCUT2D eigenvalue weighted by Crippen LogP contribution is -2.01. The van der Waals surface area contributed by atoms with E-state index >= 15 is 0 Å². The van der Waals surface area contributed by atoms with E-state index < -0.39 is 0 Å². The Labute approximate surface area is 169 Å². The van der Waals surface area contributed by atoms with E-state index in [1.54, 1.807) is 0 Å². The van der Waals surface area contributed by atoms with Crippen LogP contribution in [-0.4, -0.2) is 10.2 Å². The van der Waals surface area contributed by atoms with Crippen molar-refractivity contribution in [2.75, 3.05) is 0 Å². The first kappa shape index (κ1) is 19.3. The Hall–Kier alpha value is -0.0400. The van der Waals surface area contributed by atoms with Gasteiger partial charge in [0.15, 0.2) is 0 Å². The number of halogens is 4. The molecule has 0 aromatic heterocycles. The molecule has 0 fully saturated rings. The summed E-state index contributed by atoms with van der Waals surface area (Å²) in [6, 6.07) is 0. The van der Waals surface area contributed by atoms with Gasteiger partial charge < -0.3 is 10.2 Å². The summed E-state index contributed by atoms with van der Waals surface area (Å²) in [6.45, 7) is 7.55. The highest BCUT2D eigenvalue weighted by atomic mass is 79.9. The first-order chi connectivity index (χ1) is 10.6. The van der Waals surface area contributed by atoms with Crippen molar-refractivity contribution >= 4 is 63.7 Å². The maximum atomic E-state index is 10.2. The Bertz CT molecular complexity index is 688. The van der Waals surface area contributed by atoms with E-state index in [-0.39, 0.29) is 0 Å². The molecule has 0 aliphatic carbocycles. The van der Waals surface area contributed by atoms with Gasteiger partial charge in [0.05, 0.1) is 0 Å². The summed E-state index contributed by atoms with van der Waals surface area (Å²) in [5.41, 5.74) is 5.40. The van der Waals surface area contributed by atoms with Crippen molar-refractivity contribution in [3.63, 3.8) is 0 Å². The average molecular weight is 572 g/mol. The molecule has 0 aliphatic rings. The Morgan fingerprint density at radius 2 is 0.783 bits per heavy atom. The van der Waals surface area contributed by atoms with Crippen LogP contribution in [0.5, 0.6) is 11.5 Å². The van der Waals surface area contributed by atoms with Crippen molar-refractivity contribution in [1.82, 2.24) is 0 Å². The number of phenolic OH excluding ortho intramolecular Hbond substituents is 2. The van der Waals surface area contributed by atoms with E-state index in [1.165, 1.54) is 0 Å². The molecule has 6 heteroatoms. The van der Waals surface area contributed by atoms with Gasteiger partial charge in [-0.15, -0.1) is 0 Å². The van der Waals surface area contributed by atoms with Gasteiger partial charge in [-0.25, -0.2) is 0 Å². The highest BCUT2D eigenvalue weighted by Gasteiger charge is 2.21. The summed E-state index contributed by atoms with van der Waals surface area (Å²) in [5.74, 6) is 0.590. The van der Waals surface area contributed by atoms with Crippen LogP contribution in [0.25, 0.3) is 0 Å². The third-order valence-electron chi connectivity index (χ3n) is 4.15. The second-order valence-corrected chi connectivity index (χ2v) is 8.76. The molecule has 2 aromatic rings. The number of phenols is 2. The maximum Gasteiger partial charge on any atom is 0.123 e. The summed E-state index contributed by atoms with van der Waals surface area (Å²) >= 11 is 14.4. The van der Waals surface area contributed by atoms with E-state index in [2.05, 4.69) is 63.7 Å². The molecule has 0 amide bonds. The predicted molar refractivity (Wildman–Crippen MR) is 109 cm³/mol. The lowest BCUT2D eigenvalue weighted by Gasteiger charge is -2.19. The molecule has 0 unspecified atom stereocenters. The van der Waals surface area contributed by atoms with Gasteiger partial charge in [-0.3, -0.25) is 0 Å². The average Bonchev–Trinajstić information content (AvgIpc) is 2.54. The number of rotatable bonds is 2. The van der Waals surface area contributed by atoms with Crippen LogP contribution in [0.2, 0.25) is 0 Å². The quantitative estimate of drug-likeness (QED) is 0.409. The molecular formula is C17H16Br4O2. The van der Waals surface area contributed by atoms with Gasteiger partial charge in [0.1, 0.15) is 11.5 Å². The lowest BCUT2D eigenvalue weighted by atomic mass is 9.97. The smallest absolute Gasteiger partial charge is 0.123 e. The van der Waals surface area contributed by atoms with Gasteiger partial charge in [-0.1, -0.05) is 63.7 Å². The van der Waals surface area contributed by atoms with Crippen LogP contribution in [0, 0.1) is 27.7 Å². The Balaban J connectivity index is 2.71. The molecule has 0 radical (unpaired) electrons. The van der Waals surface area contributed by atoms with Crippen molar-refractivity contribution in [2.45, 2.75) is 34.1 Å². The summed E-state index contributed by atoms with van der Waals surface area (Å²) in [7, 11) is 0. The van der Waals surface area contributed by atoms with Crippen molar-refractivity contribution in [3.8, 4) is 11.5 Å². The number of benzene rings is 2. The Morgan fingerprint density at radius 3 is 1.00 bits per heavy atom. The second kappa shape index (κ2) is 7.06. The van der Waals surface area contributed by atoms with Crippen LogP contribution >= 0.6 is 63.7 Å². The highest BCUT2D eigenvalue weighted by Crippen LogP contribution is 2.44. The number of aromatic hydroxyl groups is 2. The number of hydrogen-bond donors (Lipinski definition) is 2. The van der Waals surface area contributed by atoms with Crippen LogP contribution in [0.1, 0.15) is 33.4 Å². The minimum Gasteiger partial charge on any atom is -0.507 e. The molecule has 0 heterocycles. The Kier molecular flexibility index (Phi) is 5.92. The molecule has 0 bridgehead atoms. The van der Waals surface area contributed by atoms with E-state index in [4.69, 9.17) is 0 Å². The molecule has 0 saturated carbocycles. The number of hydrogen-bond acceptors (Lipinski definition) is 2. The largest absolute Gasteiger partial charge is 0.507 e. The SMILES string of the molecule is Cc1c(O)c(C)c(Br)c(Cc2c(Br)c(C)c(O)c(C)c2Br)c1Br. The standard InChI is InChI=1S/C17H16Br4O2/c1-6-12(18)10(13(19)7(2)16(6)22)5-11-14(20)8(3)17(23)9(4)15(11)21/h22-23H,5H2,1-4H3. The normalized spacial score (nSPS) is 11.1. The zero-order valence-corrected chi connectivity index (χ0v) is 19.5. The molecule has 2 rings (SSSR count). The summed E-state index contributed by atoms with van der Waals surface area (Å²) in [4.78, 5) is 0. The first-order valence-electron chi connectivity index (χ1n) is 6.91. The first-order valence-corrected chi connectivity index (χ1v) is 10.1. The highest BCUT2D eigenvalue weighted by molar-refractivity contribution is 9.11. The predicted octanol–water partition coefficient (Wildman–Crippen LogP) is 6.97. The third kappa shape index (κ3) is 3.24. The molecule has 0 spiro atoms. The molecule has 0 atom stereocenters. The van der Waals surface area contributed by atoms with E-state index in [1.807, 2.05) is 27.7 Å².